The molecule has 0 radical (unpaired) electrons. The highest BCUT2D eigenvalue weighted by atomic mass is 79.9. The van der Waals surface area contributed by atoms with Crippen LogP contribution < -0.4 is 4.90 Å². The van der Waals surface area contributed by atoms with Crippen LogP contribution in [0.5, 0.6) is 0 Å². The second kappa shape index (κ2) is 6.97. The number of rotatable bonds is 3. The molecule has 2 heterocycles. The van der Waals surface area contributed by atoms with Gasteiger partial charge in [-0.2, -0.15) is 5.26 Å². The number of hydrogen-bond acceptors (Lipinski definition) is 4. The lowest BCUT2D eigenvalue weighted by atomic mass is 10.2. The SMILES string of the molecule is N#Cc1cc(Br)cnc1N1CCN(Cc2ccc(F)cc2)C(=O)C1. The third-order valence-electron chi connectivity index (χ3n) is 3.86. The van der Waals surface area contributed by atoms with Gasteiger partial charge in [0.05, 0.1) is 12.1 Å². The summed E-state index contributed by atoms with van der Waals surface area (Å²) >= 11 is 3.29. The van der Waals surface area contributed by atoms with Gasteiger partial charge in [0.15, 0.2) is 0 Å². The molecule has 1 aliphatic rings. The Hall–Kier alpha value is -2.46. The normalized spacial score (nSPS) is 14.6. The van der Waals surface area contributed by atoms with E-state index < -0.39 is 0 Å². The maximum Gasteiger partial charge on any atom is 0.242 e. The number of amides is 1. The summed E-state index contributed by atoms with van der Waals surface area (Å²) in [5, 5.41) is 9.25. The first-order valence-corrected chi connectivity index (χ1v) is 8.19. The van der Waals surface area contributed by atoms with E-state index in [-0.39, 0.29) is 18.3 Å². The molecule has 1 amide bonds. The lowest BCUT2D eigenvalue weighted by Gasteiger charge is -2.35. The average molecular weight is 389 g/mol. The standard InChI is InChI=1S/C17H14BrFN4O/c18-14-7-13(8-20)17(21-9-14)23-6-5-22(16(24)11-23)10-12-1-3-15(19)4-2-12/h1-4,7,9H,5-6,10-11H2. The maximum absolute atomic E-state index is 13.0. The van der Waals surface area contributed by atoms with Crippen LogP contribution in [0.2, 0.25) is 0 Å². The van der Waals surface area contributed by atoms with E-state index in [9.17, 15) is 14.4 Å². The van der Waals surface area contributed by atoms with Gasteiger partial charge in [-0.15, -0.1) is 0 Å². The highest BCUT2D eigenvalue weighted by Crippen LogP contribution is 2.22. The Morgan fingerprint density at radius 1 is 1.29 bits per heavy atom. The molecule has 0 saturated carbocycles. The minimum absolute atomic E-state index is 0.0424. The molecule has 0 spiro atoms. The molecule has 1 aliphatic heterocycles. The van der Waals surface area contributed by atoms with E-state index in [1.54, 1.807) is 29.3 Å². The van der Waals surface area contributed by atoms with Crippen molar-refractivity contribution in [3.8, 4) is 6.07 Å². The Morgan fingerprint density at radius 3 is 2.71 bits per heavy atom. The first-order valence-electron chi connectivity index (χ1n) is 7.39. The topological polar surface area (TPSA) is 60.2 Å². The number of carbonyl (C=O) groups excluding carboxylic acids is 1. The Balaban J connectivity index is 1.70. The summed E-state index contributed by atoms with van der Waals surface area (Å²) in [6.45, 7) is 1.74. The summed E-state index contributed by atoms with van der Waals surface area (Å²) in [5.41, 5.74) is 1.32. The minimum Gasteiger partial charge on any atom is -0.344 e. The van der Waals surface area contributed by atoms with Crippen molar-refractivity contribution in [2.45, 2.75) is 6.54 Å². The van der Waals surface area contributed by atoms with E-state index in [2.05, 4.69) is 27.0 Å². The number of nitrogens with zero attached hydrogens (tertiary/aromatic N) is 4. The van der Waals surface area contributed by atoms with Crippen molar-refractivity contribution in [1.29, 1.82) is 5.26 Å². The molecule has 0 unspecified atom stereocenters. The largest absolute Gasteiger partial charge is 0.344 e. The van der Waals surface area contributed by atoms with Gasteiger partial charge in [-0.3, -0.25) is 4.79 Å². The Kier molecular flexibility index (Phi) is 4.76. The molecule has 0 N–H and O–H groups in total. The lowest BCUT2D eigenvalue weighted by molar-refractivity contribution is -0.131. The smallest absolute Gasteiger partial charge is 0.242 e. The van der Waals surface area contributed by atoms with Crippen LogP contribution >= 0.6 is 15.9 Å². The van der Waals surface area contributed by atoms with Gasteiger partial charge in [-0.1, -0.05) is 12.1 Å². The van der Waals surface area contributed by atoms with Gasteiger partial charge in [0.1, 0.15) is 17.7 Å². The molecular formula is C17H14BrFN4O. The molecule has 1 saturated heterocycles. The van der Waals surface area contributed by atoms with Gasteiger partial charge in [0, 0.05) is 30.3 Å². The Morgan fingerprint density at radius 2 is 2.04 bits per heavy atom. The quantitative estimate of drug-likeness (QED) is 0.810. The van der Waals surface area contributed by atoms with Gasteiger partial charge < -0.3 is 9.80 Å². The third-order valence-corrected chi connectivity index (χ3v) is 4.29. The number of carbonyl (C=O) groups is 1. The summed E-state index contributed by atoms with van der Waals surface area (Å²) in [5.74, 6) is 0.190. The van der Waals surface area contributed by atoms with Crippen molar-refractivity contribution in [1.82, 2.24) is 9.88 Å². The highest BCUT2D eigenvalue weighted by Gasteiger charge is 2.26. The zero-order valence-electron chi connectivity index (χ0n) is 12.7. The minimum atomic E-state index is -0.291. The second-order valence-electron chi connectivity index (χ2n) is 5.50. The predicted octanol–water partition coefficient (Wildman–Crippen LogP) is 2.70. The van der Waals surface area contributed by atoms with Gasteiger partial charge in [-0.05, 0) is 39.7 Å². The lowest BCUT2D eigenvalue weighted by Crippen LogP contribution is -2.50. The number of aromatic nitrogens is 1. The summed E-state index contributed by atoms with van der Waals surface area (Å²) in [6, 6.07) is 9.94. The van der Waals surface area contributed by atoms with E-state index >= 15 is 0 Å². The second-order valence-corrected chi connectivity index (χ2v) is 6.42. The third kappa shape index (κ3) is 3.54. The number of pyridine rings is 1. The van der Waals surface area contributed by atoms with E-state index in [1.165, 1.54) is 12.1 Å². The number of anilines is 1. The number of nitriles is 1. The molecule has 5 nitrogen and oxygen atoms in total. The van der Waals surface area contributed by atoms with Gasteiger partial charge in [0.2, 0.25) is 5.91 Å². The van der Waals surface area contributed by atoms with E-state index in [1.807, 2.05) is 4.90 Å². The van der Waals surface area contributed by atoms with Crippen LogP contribution in [0.3, 0.4) is 0 Å². The molecule has 1 fully saturated rings. The molecule has 7 heteroatoms. The van der Waals surface area contributed by atoms with Crippen LogP contribution in [0.1, 0.15) is 11.1 Å². The van der Waals surface area contributed by atoms with Crippen LogP contribution in [0.15, 0.2) is 41.0 Å². The molecule has 1 aromatic heterocycles. The van der Waals surface area contributed by atoms with Crippen molar-refractivity contribution in [3.63, 3.8) is 0 Å². The van der Waals surface area contributed by atoms with Crippen molar-refractivity contribution in [2.75, 3.05) is 24.5 Å². The highest BCUT2D eigenvalue weighted by molar-refractivity contribution is 9.10. The molecule has 24 heavy (non-hydrogen) atoms. The monoisotopic (exact) mass is 388 g/mol. The Bertz CT molecular complexity index is 803. The van der Waals surface area contributed by atoms with Crippen LogP contribution in [0, 0.1) is 17.1 Å². The molecule has 0 atom stereocenters. The van der Waals surface area contributed by atoms with Crippen LogP contribution in [-0.2, 0) is 11.3 Å². The molecule has 0 aliphatic carbocycles. The molecule has 2 aromatic rings. The van der Waals surface area contributed by atoms with Crippen molar-refractivity contribution in [3.05, 3.63) is 57.9 Å². The molecule has 122 valence electrons. The molecule has 1 aromatic carbocycles. The molecule has 3 rings (SSSR count). The number of benzene rings is 1. The Labute approximate surface area is 147 Å². The maximum atomic E-state index is 13.0. The number of halogens is 2. The summed E-state index contributed by atoms with van der Waals surface area (Å²) < 4.78 is 13.7. The molecule has 0 bridgehead atoms. The van der Waals surface area contributed by atoms with Gasteiger partial charge in [0.25, 0.3) is 0 Å². The zero-order chi connectivity index (χ0) is 17.1. The van der Waals surface area contributed by atoms with Crippen molar-refractivity contribution in [2.24, 2.45) is 0 Å². The van der Waals surface area contributed by atoms with E-state index in [0.717, 1.165) is 10.0 Å². The predicted molar refractivity (Wildman–Crippen MR) is 90.7 cm³/mol. The van der Waals surface area contributed by atoms with Crippen molar-refractivity contribution < 1.29 is 9.18 Å². The fourth-order valence-corrected chi connectivity index (χ4v) is 2.96. The van der Waals surface area contributed by atoms with Crippen molar-refractivity contribution >= 4 is 27.7 Å². The summed E-state index contributed by atoms with van der Waals surface area (Å²) in [6.07, 6.45) is 1.62. The first-order chi connectivity index (χ1) is 11.6. The van der Waals surface area contributed by atoms with Gasteiger partial charge >= 0.3 is 0 Å². The number of piperazine rings is 1. The van der Waals surface area contributed by atoms with E-state index in [4.69, 9.17) is 0 Å². The molecular weight excluding hydrogens is 375 g/mol. The van der Waals surface area contributed by atoms with E-state index in [0.29, 0.717) is 31.0 Å². The number of hydrogen-bond donors (Lipinski definition) is 0. The van der Waals surface area contributed by atoms with Crippen LogP contribution in [0.4, 0.5) is 10.2 Å². The average Bonchev–Trinajstić information content (AvgIpc) is 2.58. The zero-order valence-corrected chi connectivity index (χ0v) is 14.3. The van der Waals surface area contributed by atoms with Crippen LogP contribution in [-0.4, -0.2) is 35.4 Å². The summed E-state index contributed by atoms with van der Waals surface area (Å²) in [4.78, 5) is 20.2. The van der Waals surface area contributed by atoms with Gasteiger partial charge in [-0.25, -0.2) is 9.37 Å². The summed E-state index contributed by atoms with van der Waals surface area (Å²) in [7, 11) is 0. The van der Waals surface area contributed by atoms with Crippen LogP contribution in [0.25, 0.3) is 0 Å². The first kappa shape index (κ1) is 16.4. The fraction of sp³-hybridized carbons (Fsp3) is 0.235. The fourth-order valence-electron chi connectivity index (χ4n) is 2.63.